The molecule has 0 bridgehead atoms. The van der Waals surface area contributed by atoms with Gasteiger partial charge in [0, 0.05) is 27.8 Å². The van der Waals surface area contributed by atoms with Gasteiger partial charge in [-0.2, -0.15) is 0 Å². The highest BCUT2D eigenvalue weighted by Crippen LogP contribution is 2.33. The predicted molar refractivity (Wildman–Crippen MR) is 125 cm³/mol. The standard InChI is InChI=1S/C23H20Cl2N2O3S/c1-15-20(25)5-2-6-21(15)26-23(28)17-7-12-22-16(14-17)4-3-13-27(22)31(29,30)19-10-8-18(24)9-11-19/h2,5-12,14H,3-4,13H2,1H3,(H,26,28). The van der Waals surface area contributed by atoms with E-state index in [0.29, 0.717) is 46.4 Å². The second-order valence-corrected chi connectivity index (χ2v) is 10.1. The Morgan fingerprint density at radius 2 is 1.77 bits per heavy atom. The second kappa shape index (κ2) is 8.54. The van der Waals surface area contributed by atoms with E-state index in [2.05, 4.69) is 5.32 Å². The van der Waals surface area contributed by atoms with Crippen molar-refractivity contribution in [3.63, 3.8) is 0 Å². The summed E-state index contributed by atoms with van der Waals surface area (Å²) in [7, 11) is -3.72. The average Bonchev–Trinajstić information content (AvgIpc) is 2.76. The van der Waals surface area contributed by atoms with Crippen LogP contribution in [0.4, 0.5) is 11.4 Å². The molecule has 1 aliphatic heterocycles. The molecule has 1 heterocycles. The minimum absolute atomic E-state index is 0.183. The third-order valence-corrected chi connectivity index (χ3v) is 7.82. The number of carbonyl (C=O) groups is 1. The Labute approximate surface area is 191 Å². The lowest BCUT2D eigenvalue weighted by molar-refractivity contribution is 0.102. The van der Waals surface area contributed by atoms with Gasteiger partial charge in [-0.15, -0.1) is 0 Å². The molecule has 1 N–H and O–H groups in total. The summed E-state index contributed by atoms with van der Waals surface area (Å²) in [5, 5.41) is 3.93. The number of anilines is 2. The molecule has 8 heteroatoms. The number of carbonyl (C=O) groups excluding carboxylic acids is 1. The van der Waals surface area contributed by atoms with Crippen molar-refractivity contribution in [3.05, 3.63) is 87.4 Å². The fourth-order valence-electron chi connectivity index (χ4n) is 3.62. The fraction of sp³-hybridized carbons (Fsp3) is 0.174. The normalized spacial score (nSPS) is 13.6. The maximum Gasteiger partial charge on any atom is 0.264 e. The quantitative estimate of drug-likeness (QED) is 0.527. The van der Waals surface area contributed by atoms with Crippen LogP contribution in [0.5, 0.6) is 0 Å². The van der Waals surface area contributed by atoms with Crippen molar-refractivity contribution in [1.82, 2.24) is 0 Å². The molecule has 3 aromatic carbocycles. The number of halogens is 2. The van der Waals surface area contributed by atoms with E-state index < -0.39 is 10.0 Å². The number of nitrogens with one attached hydrogen (secondary N) is 1. The molecule has 0 radical (unpaired) electrons. The van der Waals surface area contributed by atoms with Crippen molar-refractivity contribution in [2.75, 3.05) is 16.2 Å². The Morgan fingerprint density at radius 3 is 2.52 bits per heavy atom. The molecule has 31 heavy (non-hydrogen) atoms. The van der Waals surface area contributed by atoms with E-state index in [1.54, 1.807) is 48.5 Å². The van der Waals surface area contributed by atoms with Gasteiger partial charge >= 0.3 is 0 Å². The van der Waals surface area contributed by atoms with Crippen LogP contribution in [0.2, 0.25) is 10.0 Å². The van der Waals surface area contributed by atoms with Crippen molar-refractivity contribution < 1.29 is 13.2 Å². The van der Waals surface area contributed by atoms with Gasteiger partial charge in [-0.1, -0.05) is 29.3 Å². The van der Waals surface area contributed by atoms with E-state index >= 15 is 0 Å². The lowest BCUT2D eigenvalue weighted by Crippen LogP contribution is -2.35. The lowest BCUT2D eigenvalue weighted by atomic mass is 10.0. The first kappa shape index (κ1) is 21.7. The van der Waals surface area contributed by atoms with Crippen LogP contribution in [0.1, 0.15) is 27.9 Å². The summed E-state index contributed by atoms with van der Waals surface area (Å²) in [5.41, 5.74) is 3.30. The van der Waals surface area contributed by atoms with Crippen LogP contribution in [0, 0.1) is 6.92 Å². The summed E-state index contributed by atoms with van der Waals surface area (Å²) < 4.78 is 27.8. The molecule has 0 aliphatic carbocycles. The van der Waals surface area contributed by atoms with Crippen molar-refractivity contribution in [3.8, 4) is 0 Å². The van der Waals surface area contributed by atoms with Crippen molar-refractivity contribution in [2.24, 2.45) is 0 Å². The minimum Gasteiger partial charge on any atom is -0.322 e. The Bertz CT molecular complexity index is 1260. The molecule has 3 aromatic rings. The third-order valence-electron chi connectivity index (χ3n) is 5.34. The van der Waals surface area contributed by atoms with Crippen LogP contribution in [0.25, 0.3) is 0 Å². The predicted octanol–water partition coefficient (Wildman–Crippen LogP) is 5.70. The summed E-state index contributed by atoms with van der Waals surface area (Å²) in [6.45, 7) is 2.22. The zero-order valence-corrected chi connectivity index (χ0v) is 19.1. The largest absolute Gasteiger partial charge is 0.322 e. The Morgan fingerprint density at radius 1 is 1.03 bits per heavy atom. The zero-order chi connectivity index (χ0) is 22.2. The number of sulfonamides is 1. The highest BCUT2D eigenvalue weighted by Gasteiger charge is 2.29. The van der Waals surface area contributed by atoms with Crippen LogP contribution in [-0.2, 0) is 16.4 Å². The van der Waals surface area contributed by atoms with Crippen molar-refractivity contribution in [1.29, 1.82) is 0 Å². The van der Waals surface area contributed by atoms with Crippen LogP contribution in [0.15, 0.2) is 65.6 Å². The first-order chi connectivity index (χ1) is 14.8. The fourth-order valence-corrected chi connectivity index (χ4v) is 5.47. The third kappa shape index (κ3) is 4.28. The number of rotatable bonds is 4. The number of amides is 1. The first-order valence-electron chi connectivity index (χ1n) is 9.75. The zero-order valence-electron chi connectivity index (χ0n) is 16.7. The molecule has 1 amide bonds. The van der Waals surface area contributed by atoms with E-state index in [1.165, 1.54) is 16.4 Å². The molecule has 1 aliphatic rings. The van der Waals surface area contributed by atoms with Gasteiger partial charge in [-0.3, -0.25) is 9.10 Å². The molecule has 0 saturated carbocycles. The van der Waals surface area contributed by atoms with Crippen molar-refractivity contribution in [2.45, 2.75) is 24.7 Å². The van der Waals surface area contributed by atoms with E-state index in [-0.39, 0.29) is 10.8 Å². The highest BCUT2D eigenvalue weighted by atomic mass is 35.5. The summed E-state index contributed by atoms with van der Waals surface area (Å²) in [6.07, 6.45) is 1.36. The van der Waals surface area contributed by atoms with Crippen LogP contribution >= 0.6 is 23.2 Å². The Hall–Kier alpha value is -2.54. The highest BCUT2D eigenvalue weighted by molar-refractivity contribution is 7.92. The van der Waals surface area contributed by atoms with E-state index in [1.807, 2.05) is 6.92 Å². The average molecular weight is 475 g/mol. The second-order valence-electron chi connectivity index (χ2n) is 7.34. The summed E-state index contributed by atoms with van der Waals surface area (Å²) in [4.78, 5) is 13.0. The number of benzene rings is 3. The molecular formula is C23H20Cl2N2O3S. The van der Waals surface area contributed by atoms with E-state index in [4.69, 9.17) is 23.2 Å². The van der Waals surface area contributed by atoms with Gasteiger partial charge < -0.3 is 5.32 Å². The minimum atomic E-state index is -3.72. The molecule has 0 saturated heterocycles. The van der Waals surface area contributed by atoms with Gasteiger partial charge in [0.2, 0.25) is 0 Å². The summed E-state index contributed by atoms with van der Waals surface area (Å²) in [5.74, 6) is -0.272. The van der Waals surface area contributed by atoms with E-state index in [9.17, 15) is 13.2 Å². The Balaban J connectivity index is 1.63. The van der Waals surface area contributed by atoms with Crippen molar-refractivity contribution >= 4 is 50.5 Å². The molecule has 4 rings (SSSR count). The lowest BCUT2D eigenvalue weighted by Gasteiger charge is -2.30. The molecule has 0 fully saturated rings. The molecule has 160 valence electrons. The number of nitrogens with zero attached hydrogens (tertiary/aromatic N) is 1. The number of fused-ring (bicyclic) bond motifs is 1. The van der Waals surface area contributed by atoms with E-state index in [0.717, 1.165) is 11.1 Å². The van der Waals surface area contributed by atoms with Gasteiger partial charge in [0.15, 0.2) is 0 Å². The molecule has 0 atom stereocenters. The van der Waals surface area contributed by atoms with Gasteiger partial charge in [0.25, 0.3) is 15.9 Å². The van der Waals surface area contributed by atoms with Crippen LogP contribution < -0.4 is 9.62 Å². The molecule has 0 aromatic heterocycles. The molecular weight excluding hydrogens is 455 g/mol. The van der Waals surface area contributed by atoms with Gasteiger partial charge in [-0.05, 0) is 85.5 Å². The number of hydrogen-bond donors (Lipinski definition) is 1. The molecule has 5 nitrogen and oxygen atoms in total. The Kier molecular flexibility index (Phi) is 5.97. The summed E-state index contributed by atoms with van der Waals surface area (Å²) in [6, 6.07) is 16.5. The van der Waals surface area contributed by atoms with Gasteiger partial charge in [0.1, 0.15) is 0 Å². The first-order valence-corrected chi connectivity index (χ1v) is 11.9. The molecule has 0 spiro atoms. The SMILES string of the molecule is Cc1c(Cl)cccc1NC(=O)c1ccc2c(c1)CCCN2S(=O)(=O)c1ccc(Cl)cc1. The van der Waals surface area contributed by atoms with Crippen LogP contribution in [-0.4, -0.2) is 20.9 Å². The van der Waals surface area contributed by atoms with Gasteiger partial charge in [-0.25, -0.2) is 8.42 Å². The monoisotopic (exact) mass is 474 g/mol. The molecule has 0 unspecified atom stereocenters. The smallest absolute Gasteiger partial charge is 0.264 e. The van der Waals surface area contributed by atoms with Gasteiger partial charge in [0.05, 0.1) is 10.6 Å². The topological polar surface area (TPSA) is 66.5 Å². The number of aryl methyl sites for hydroxylation is 1. The summed E-state index contributed by atoms with van der Waals surface area (Å²) >= 11 is 12.0. The van der Waals surface area contributed by atoms with Crippen LogP contribution in [0.3, 0.4) is 0 Å². The number of hydrogen-bond acceptors (Lipinski definition) is 3. The maximum atomic E-state index is 13.2. The maximum absolute atomic E-state index is 13.2.